The van der Waals surface area contributed by atoms with Gasteiger partial charge in [-0.25, -0.2) is 0 Å². The van der Waals surface area contributed by atoms with Crippen LogP contribution in [0.3, 0.4) is 0 Å². The van der Waals surface area contributed by atoms with Gasteiger partial charge in [0.25, 0.3) is 0 Å². The second kappa shape index (κ2) is 11.0. The summed E-state index contributed by atoms with van der Waals surface area (Å²) in [5, 5.41) is 16.8. The van der Waals surface area contributed by atoms with Crippen LogP contribution >= 0.6 is 24.8 Å². The summed E-state index contributed by atoms with van der Waals surface area (Å²) in [4.78, 5) is 11.3. The maximum Gasteiger partial charge on any atom is 0.310 e. The minimum atomic E-state index is -0.620. The van der Waals surface area contributed by atoms with E-state index >= 15 is 0 Å². The minimum Gasteiger partial charge on any atom is -0.481 e. The molecule has 1 aromatic rings. The second-order valence-electron chi connectivity index (χ2n) is 9.11. The molecule has 0 radical (unpaired) electrons. The van der Waals surface area contributed by atoms with Crippen LogP contribution in [0.25, 0.3) is 6.08 Å². The van der Waals surface area contributed by atoms with Gasteiger partial charge in [-0.3, -0.25) is 4.79 Å². The summed E-state index contributed by atoms with van der Waals surface area (Å²) in [6, 6.07) is 12.4. The second-order valence-corrected chi connectivity index (χ2v) is 9.11. The highest BCUT2D eigenvalue weighted by molar-refractivity contribution is 5.85. The monoisotopic (exact) mass is 454 g/mol. The molecule has 0 bridgehead atoms. The van der Waals surface area contributed by atoms with E-state index < -0.39 is 11.4 Å². The number of benzene rings is 1. The van der Waals surface area contributed by atoms with E-state index in [0.29, 0.717) is 30.6 Å². The summed E-state index contributed by atoms with van der Waals surface area (Å²) in [7, 11) is 0. The van der Waals surface area contributed by atoms with Crippen molar-refractivity contribution < 1.29 is 9.90 Å². The van der Waals surface area contributed by atoms with E-state index in [1.165, 1.54) is 24.8 Å². The Kier molecular flexibility index (Phi) is 9.23. The average Bonchev–Trinajstić information content (AvgIpc) is 3.63. The number of hydrogen-bond donors (Lipinski definition) is 3. The molecule has 4 nitrogen and oxygen atoms in total. The molecule has 0 heterocycles. The fourth-order valence-electron chi connectivity index (χ4n) is 4.75. The molecule has 3 aliphatic carbocycles. The maximum absolute atomic E-state index is 11.3. The number of rotatable bonds is 9. The lowest BCUT2D eigenvalue weighted by Gasteiger charge is -2.31. The lowest BCUT2D eigenvalue weighted by Crippen LogP contribution is -2.43. The van der Waals surface area contributed by atoms with E-state index in [2.05, 4.69) is 54.0 Å². The highest BCUT2D eigenvalue weighted by Gasteiger charge is 2.50. The van der Waals surface area contributed by atoms with Gasteiger partial charge in [-0.15, -0.1) is 24.8 Å². The zero-order chi connectivity index (χ0) is 19.6. The molecule has 0 aliphatic heterocycles. The van der Waals surface area contributed by atoms with E-state index in [9.17, 15) is 9.90 Å². The highest BCUT2D eigenvalue weighted by Crippen LogP contribution is 2.45. The molecule has 30 heavy (non-hydrogen) atoms. The predicted octanol–water partition coefficient (Wildman–Crippen LogP) is 5.07. The predicted molar refractivity (Wildman–Crippen MR) is 128 cm³/mol. The molecule has 1 aromatic carbocycles. The van der Waals surface area contributed by atoms with Crippen LogP contribution in [0.2, 0.25) is 0 Å². The molecule has 3 fully saturated rings. The molecule has 0 amide bonds. The van der Waals surface area contributed by atoms with Gasteiger partial charge in [0.05, 0.1) is 5.41 Å². The van der Waals surface area contributed by atoms with Crippen molar-refractivity contribution in [3.63, 3.8) is 0 Å². The highest BCUT2D eigenvalue weighted by atomic mass is 35.5. The Morgan fingerprint density at radius 1 is 1.10 bits per heavy atom. The van der Waals surface area contributed by atoms with Crippen LogP contribution in [-0.4, -0.2) is 35.7 Å². The molecule has 0 spiro atoms. The van der Waals surface area contributed by atoms with Gasteiger partial charge < -0.3 is 15.7 Å². The van der Waals surface area contributed by atoms with Gasteiger partial charge in [0.15, 0.2) is 0 Å². The van der Waals surface area contributed by atoms with Gasteiger partial charge in [-0.05, 0) is 62.8 Å². The minimum absolute atomic E-state index is 0. The van der Waals surface area contributed by atoms with Crippen molar-refractivity contribution in [3.8, 4) is 0 Å². The first-order valence-electron chi connectivity index (χ1n) is 11.1. The molecule has 168 valence electrons. The van der Waals surface area contributed by atoms with E-state index in [1.807, 2.05) is 0 Å². The van der Waals surface area contributed by atoms with Crippen molar-refractivity contribution in [1.82, 2.24) is 10.6 Å². The zero-order valence-corrected chi connectivity index (χ0v) is 19.4. The van der Waals surface area contributed by atoms with Crippen molar-refractivity contribution >= 4 is 36.9 Å². The Hall–Kier alpha value is -1.07. The topological polar surface area (TPSA) is 61.4 Å². The van der Waals surface area contributed by atoms with Gasteiger partial charge in [0.1, 0.15) is 0 Å². The summed E-state index contributed by atoms with van der Waals surface area (Å²) in [6.45, 7) is 2.92. The smallest absolute Gasteiger partial charge is 0.310 e. The Morgan fingerprint density at radius 3 is 2.30 bits per heavy atom. The third-order valence-corrected chi connectivity index (χ3v) is 7.04. The van der Waals surface area contributed by atoms with Crippen LogP contribution < -0.4 is 10.6 Å². The van der Waals surface area contributed by atoms with Gasteiger partial charge >= 0.3 is 5.97 Å². The average molecular weight is 455 g/mol. The Morgan fingerprint density at radius 2 is 1.73 bits per heavy atom. The molecule has 4 rings (SSSR count). The molecule has 0 aromatic heterocycles. The molecule has 3 N–H and O–H groups in total. The number of hydrogen-bond acceptors (Lipinski definition) is 3. The fourth-order valence-corrected chi connectivity index (χ4v) is 4.75. The Bertz CT molecular complexity index is 713. The quantitative estimate of drug-likeness (QED) is 0.487. The molecule has 3 aliphatic rings. The first kappa shape index (κ1) is 25.2. The number of carboxylic acid groups (broad SMARTS) is 1. The van der Waals surface area contributed by atoms with E-state index in [1.54, 1.807) is 5.57 Å². The van der Waals surface area contributed by atoms with Gasteiger partial charge in [0.2, 0.25) is 0 Å². The van der Waals surface area contributed by atoms with Crippen molar-refractivity contribution in [3.05, 3.63) is 41.5 Å². The number of nitrogens with one attached hydrogen (secondary N) is 2. The lowest BCUT2D eigenvalue weighted by molar-refractivity contribution is -0.143. The molecular weight excluding hydrogens is 419 g/mol. The van der Waals surface area contributed by atoms with Gasteiger partial charge in [0, 0.05) is 24.7 Å². The van der Waals surface area contributed by atoms with Crippen molar-refractivity contribution in [1.29, 1.82) is 0 Å². The summed E-state index contributed by atoms with van der Waals surface area (Å²) in [5.41, 5.74) is 2.44. The van der Waals surface area contributed by atoms with Crippen molar-refractivity contribution in [2.75, 3.05) is 6.54 Å². The zero-order valence-electron chi connectivity index (χ0n) is 17.8. The SMILES string of the molecule is CCC(=Cc1ccccc1)[C@@H]1C[C@H]1N[C@H]1CC[C@H](NCC2(C(=O)O)CC2)CC1.Cl.Cl. The van der Waals surface area contributed by atoms with Crippen LogP contribution in [0.4, 0.5) is 0 Å². The number of halogens is 2. The molecule has 6 heteroatoms. The normalized spacial score (nSPS) is 29.3. The summed E-state index contributed by atoms with van der Waals surface area (Å²) in [5.74, 6) is 0.0803. The van der Waals surface area contributed by atoms with E-state index in [-0.39, 0.29) is 24.8 Å². The van der Waals surface area contributed by atoms with Crippen LogP contribution in [0.1, 0.15) is 63.9 Å². The summed E-state index contributed by atoms with van der Waals surface area (Å²) < 4.78 is 0. The van der Waals surface area contributed by atoms with Gasteiger partial charge in [-0.2, -0.15) is 0 Å². The van der Waals surface area contributed by atoms with Crippen molar-refractivity contribution in [2.24, 2.45) is 11.3 Å². The van der Waals surface area contributed by atoms with Gasteiger partial charge in [-0.1, -0.05) is 48.9 Å². The standard InChI is InChI=1S/C24H34N2O2.2ClH/c1-2-18(14-17-6-4-3-5-7-17)21-15-22(21)26-20-10-8-19(9-11-20)25-16-24(12-13-24)23(27)28;;/h3-7,14,19-22,25-26H,2,8-13,15-16H2,1H3,(H,27,28);2*1H/t19-,20-,21-,22+;;/m0../s1. The molecular formula is C24H36Cl2N2O2. The lowest BCUT2D eigenvalue weighted by atomic mass is 9.90. The third kappa shape index (κ3) is 6.23. The first-order valence-corrected chi connectivity index (χ1v) is 11.1. The molecule has 0 saturated heterocycles. The summed E-state index contributed by atoms with van der Waals surface area (Å²) in [6.07, 6.45) is 11.2. The Balaban J connectivity index is 0.00000160. The third-order valence-electron chi connectivity index (χ3n) is 7.04. The number of carbonyl (C=O) groups is 1. The van der Waals surface area contributed by atoms with E-state index in [4.69, 9.17) is 0 Å². The van der Waals surface area contributed by atoms with Crippen LogP contribution in [0.5, 0.6) is 0 Å². The van der Waals surface area contributed by atoms with Crippen molar-refractivity contribution in [2.45, 2.75) is 76.4 Å². The summed E-state index contributed by atoms with van der Waals surface area (Å²) >= 11 is 0. The van der Waals surface area contributed by atoms with Crippen LogP contribution in [-0.2, 0) is 4.79 Å². The largest absolute Gasteiger partial charge is 0.481 e. The molecule has 0 unspecified atom stereocenters. The fraction of sp³-hybridized carbons (Fsp3) is 0.625. The van der Waals surface area contributed by atoms with Crippen LogP contribution in [0, 0.1) is 11.3 Å². The van der Waals surface area contributed by atoms with Crippen LogP contribution in [0.15, 0.2) is 35.9 Å². The molecule has 3 saturated carbocycles. The van der Waals surface area contributed by atoms with E-state index in [0.717, 1.165) is 32.1 Å². The first-order chi connectivity index (χ1) is 13.6. The maximum atomic E-state index is 11.3. The number of aliphatic carboxylic acids is 1. The Labute approximate surface area is 193 Å². The number of carboxylic acids is 1. The molecule has 2 atom stereocenters.